The Labute approximate surface area is 156 Å². The van der Waals surface area contributed by atoms with Gasteiger partial charge in [0.1, 0.15) is 11.5 Å². The van der Waals surface area contributed by atoms with E-state index in [0.29, 0.717) is 10.8 Å². The first kappa shape index (κ1) is 17.8. The Kier molecular flexibility index (Phi) is 5.71. The molecule has 132 valence electrons. The normalized spacial score (nSPS) is 10.8. The molecule has 5 nitrogen and oxygen atoms in total. The van der Waals surface area contributed by atoms with Crippen LogP contribution in [0.5, 0.6) is 11.5 Å². The number of hydrogen-bond acceptors (Lipinski definition) is 4. The number of halogens is 1. The predicted octanol–water partition coefficient (Wildman–Crippen LogP) is 4.03. The van der Waals surface area contributed by atoms with Gasteiger partial charge in [0.15, 0.2) is 6.61 Å². The first-order valence-electron chi connectivity index (χ1n) is 7.93. The van der Waals surface area contributed by atoms with E-state index in [9.17, 15) is 4.79 Å². The van der Waals surface area contributed by atoms with Crippen LogP contribution < -0.4 is 14.9 Å². The third-order valence-corrected chi connectivity index (χ3v) is 3.97. The maximum Gasteiger partial charge on any atom is 0.277 e. The lowest BCUT2D eigenvalue weighted by atomic mass is 10.0. The summed E-state index contributed by atoms with van der Waals surface area (Å²) >= 11 is 5.80. The van der Waals surface area contributed by atoms with Crippen LogP contribution in [-0.4, -0.2) is 25.8 Å². The number of hydrazone groups is 1. The molecule has 0 saturated carbocycles. The maximum atomic E-state index is 11.8. The molecule has 0 saturated heterocycles. The molecule has 26 heavy (non-hydrogen) atoms. The molecule has 3 aromatic rings. The number of amides is 1. The van der Waals surface area contributed by atoms with Crippen molar-refractivity contribution >= 4 is 34.5 Å². The molecule has 0 radical (unpaired) electrons. The molecule has 0 fully saturated rings. The Balaban J connectivity index is 1.62. The number of nitrogens with one attached hydrogen (secondary N) is 1. The second-order valence-corrected chi connectivity index (χ2v) is 5.87. The van der Waals surface area contributed by atoms with E-state index in [-0.39, 0.29) is 12.5 Å². The molecule has 1 amide bonds. The molecule has 0 bridgehead atoms. The minimum atomic E-state index is -0.353. The molecule has 0 unspecified atom stereocenters. The van der Waals surface area contributed by atoms with Crippen molar-refractivity contribution in [3.63, 3.8) is 0 Å². The van der Waals surface area contributed by atoms with Crippen LogP contribution in [0.1, 0.15) is 5.56 Å². The van der Waals surface area contributed by atoms with Gasteiger partial charge in [-0.2, -0.15) is 5.10 Å². The van der Waals surface area contributed by atoms with E-state index in [0.717, 1.165) is 22.1 Å². The van der Waals surface area contributed by atoms with Gasteiger partial charge < -0.3 is 9.47 Å². The standard InChI is InChI=1S/C20H17ClN2O3/c1-25-19-11-6-14(17-4-2-3-5-18(17)19)12-22-23-20(24)13-26-16-9-7-15(21)8-10-16/h2-12H,13H2,1H3,(H,23,24)/b22-12+. The van der Waals surface area contributed by atoms with E-state index in [1.54, 1.807) is 37.6 Å². The molecule has 0 spiro atoms. The number of nitrogens with zero attached hydrogens (tertiary/aromatic N) is 1. The van der Waals surface area contributed by atoms with Gasteiger partial charge in [-0.1, -0.05) is 35.9 Å². The van der Waals surface area contributed by atoms with Crippen LogP contribution in [0.3, 0.4) is 0 Å². The maximum absolute atomic E-state index is 11.8. The topological polar surface area (TPSA) is 59.9 Å². The Morgan fingerprint density at radius 2 is 1.81 bits per heavy atom. The van der Waals surface area contributed by atoms with Gasteiger partial charge in [0, 0.05) is 16.0 Å². The minimum absolute atomic E-state index is 0.137. The number of hydrogen-bond donors (Lipinski definition) is 1. The van der Waals surface area contributed by atoms with Crippen LogP contribution in [0, 0.1) is 0 Å². The molecule has 0 aliphatic rings. The van der Waals surface area contributed by atoms with Crippen molar-refractivity contribution in [3.8, 4) is 11.5 Å². The SMILES string of the molecule is COc1ccc(/C=N/NC(=O)COc2ccc(Cl)cc2)c2ccccc12. The number of rotatable bonds is 6. The smallest absolute Gasteiger partial charge is 0.277 e. The summed E-state index contributed by atoms with van der Waals surface area (Å²) in [5.74, 6) is 1.00. The highest BCUT2D eigenvalue weighted by molar-refractivity contribution is 6.30. The molecule has 3 aromatic carbocycles. The summed E-state index contributed by atoms with van der Waals surface area (Å²) in [4.78, 5) is 11.8. The van der Waals surface area contributed by atoms with Gasteiger partial charge >= 0.3 is 0 Å². The summed E-state index contributed by atoms with van der Waals surface area (Å²) < 4.78 is 10.7. The molecule has 1 N–H and O–H groups in total. The fraction of sp³-hybridized carbons (Fsp3) is 0.100. The zero-order valence-electron chi connectivity index (χ0n) is 14.1. The van der Waals surface area contributed by atoms with Crippen molar-refractivity contribution in [2.24, 2.45) is 5.10 Å². The lowest BCUT2D eigenvalue weighted by Crippen LogP contribution is -2.24. The highest BCUT2D eigenvalue weighted by Crippen LogP contribution is 2.27. The van der Waals surface area contributed by atoms with Crippen molar-refractivity contribution in [1.82, 2.24) is 5.43 Å². The molecule has 6 heteroatoms. The number of benzene rings is 3. The summed E-state index contributed by atoms with van der Waals surface area (Å²) in [6.07, 6.45) is 1.60. The van der Waals surface area contributed by atoms with E-state index < -0.39 is 0 Å². The summed E-state index contributed by atoms with van der Waals surface area (Å²) in [7, 11) is 1.64. The zero-order valence-corrected chi connectivity index (χ0v) is 14.9. The van der Waals surface area contributed by atoms with Crippen LogP contribution in [0.25, 0.3) is 10.8 Å². The molecule has 0 atom stereocenters. The van der Waals surface area contributed by atoms with Crippen molar-refractivity contribution in [1.29, 1.82) is 0 Å². The third kappa shape index (κ3) is 4.32. The molecular weight excluding hydrogens is 352 g/mol. The van der Waals surface area contributed by atoms with Gasteiger partial charge in [-0.3, -0.25) is 4.79 Å². The predicted molar refractivity (Wildman–Crippen MR) is 103 cm³/mol. The molecule has 0 heterocycles. The Morgan fingerprint density at radius 1 is 1.08 bits per heavy atom. The molecule has 0 aromatic heterocycles. The third-order valence-electron chi connectivity index (χ3n) is 3.71. The van der Waals surface area contributed by atoms with E-state index in [1.165, 1.54) is 0 Å². The summed E-state index contributed by atoms with van der Waals surface area (Å²) in [6, 6.07) is 18.4. The van der Waals surface area contributed by atoms with Crippen LogP contribution >= 0.6 is 11.6 Å². The molecule has 0 aliphatic heterocycles. The van der Waals surface area contributed by atoms with Crippen LogP contribution in [0.2, 0.25) is 5.02 Å². The number of ether oxygens (including phenoxy) is 2. The van der Waals surface area contributed by atoms with Crippen LogP contribution in [-0.2, 0) is 4.79 Å². The average molecular weight is 369 g/mol. The molecule has 0 aliphatic carbocycles. The Hall–Kier alpha value is -3.05. The van der Waals surface area contributed by atoms with Crippen LogP contribution in [0.4, 0.5) is 0 Å². The van der Waals surface area contributed by atoms with Crippen molar-refractivity contribution < 1.29 is 14.3 Å². The minimum Gasteiger partial charge on any atom is -0.496 e. The number of carbonyl (C=O) groups is 1. The fourth-order valence-corrected chi connectivity index (χ4v) is 2.60. The highest BCUT2D eigenvalue weighted by atomic mass is 35.5. The van der Waals surface area contributed by atoms with Crippen LogP contribution in [0.15, 0.2) is 65.8 Å². The van der Waals surface area contributed by atoms with Crippen molar-refractivity contribution in [2.45, 2.75) is 0 Å². The fourth-order valence-electron chi connectivity index (χ4n) is 2.47. The summed E-state index contributed by atoms with van der Waals surface area (Å²) in [6.45, 7) is -0.137. The van der Waals surface area contributed by atoms with E-state index in [1.807, 2.05) is 36.4 Å². The number of carbonyl (C=O) groups excluding carboxylic acids is 1. The first-order chi connectivity index (χ1) is 12.7. The number of methoxy groups -OCH3 is 1. The number of fused-ring (bicyclic) bond motifs is 1. The van der Waals surface area contributed by atoms with Gasteiger partial charge in [-0.15, -0.1) is 0 Å². The molecule has 3 rings (SSSR count). The quantitative estimate of drug-likeness (QED) is 0.528. The van der Waals surface area contributed by atoms with Crippen molar-refractivity contribution in [2.75, 3.05) is 13.7 Å². The van der Waals surface area contributed by atoms with Gasteiger partial charge in [-0.25, -0.2) is 5.43 Å². The second kappa shape index (κ2) is 8.36. The molecular formula is C20H17ClN2O3. The zero-order chi connectivity index (χ0) is 18.4. The Morgan fingerprint density at radius 3 is 2.54 bits per heavy atom. The second-order valence-electron chi connectivity index (χ2n) is 5.44. The van der Waals surface area contributed by atoms with E-state index in [4.69, 9.17) is 21.1 Å². The van der Waals surface area contributed by atoms with Gasteiger partial charge in [0.2, 0.25) is 0 Å². The lowest BCUT2D eigenvalue weighted by molar-refractivity contribution is -0.123. The summed E-state index contributed by atoms with van der Waals surface area (Å²) in [5, 5.41) is 6.59. The summed E-state index contributed by atoms with van der Waals surface area (Å²) in [5.41, 5.74) is 3.33. The lowest BCUT2D eigenvalue weighted by Gasteiger charge is -2.07. The monoisotopic (exact) mass is 368 g/mol. The largest absolute Gasteiger partial charge is 0.496 e. The first-order valence-corrected chi connectivity index (χ1v) is 8.31. The van der Waals surface area contributed by atoms with Gasteiger partial charge in [0.05, 0.1) is 13.3 Å². The van der Waals surface area contributed by atoms with E-state index in [2.05, 4.69) is 10.5 Å². The highest BCUT2D eigenvalue weighted by Gasteiger charge is 2.05. The average Bonchev–Trinajstić information content (AvgIpc) is 2.67. The van der Waals surface area contributed by atoms with E-state index >= 15 is 0 Å². The van der Waals surface area contributed by atoms with Gasteiger partial charge in [-0.05, 0) is 41.8 Å². The van der Waals surface area contributed by atoms with Crippen molar-refractivity contribution in [3.05, 3.63) is 71.2 Å². The van der Waals surface area contributed by atoms with Gasteiger partial charge in [0.25, 0.3) is 5.91 Å². The Bertz CT molecular complexity index is 939.